The fraction of sp³-hybridized carbons (Fsp3) is 0.538. The predicted molar refractivity (Wildman–Crippen MR) is 83.9 cm³/mol. The third-order valence-corrected chi connectivity index (χ3v) is 8.11. The number of halogens is 1. The van der Waals surface area contributed by atoms with Crippen molar-refractivity contribution in [3.8, 4) is 0 Å². The maximum absolute atomic E-state index is 12.6. The highest BCUT2D eigenvalue weighted by Crippen LogP contribution is 2.33. The first kappa shape index (κ1) is 16.6. The number of hydrogen-bond donors (Lipinski definition) is 1. The summed E-state index contributed by atoms with van der Waals surface area (Å²) in [6.45, 7) is 0. The Balaban J connectivity index is 2.33. The van der Waals surface area contributed by atoms with E-state index in [0.29, 0.717) is 24.9 Å². The van der Waals surface area contributed by atoms with Gasteiger partial charge in [-0.2, -0.15) is 0 Å². The highest BCUT2D eigenvalue weighted by Gasteiger charge is 2.36. The number of anilines is 1. The van der Waals surface area contributed by atoms with Gasteiger partial charge >= 0.3 is 0 Å². The summed E-state index contributed by atoms with van der Waals surface area (Å²) >= 11 is 5.87. The Morgan fingerprint density at radius 1 is 1.14 bits per heavy atom. The van der Waals surface area contributed by atoms with Gasteiger partial charge < -0.3 is 5.73 Å². The van der Waals surface area contributed by atoms with E-state index in [9.17, 15) is 16.8 Å². The topological polar surface area (TPSA) is 94.3 Å². The molecule has 2 rings (SSSR count). The van der Waals surface area contributed by atoms with Gasteiger partial charge in [0.15, 0.2) is 9.84 Å². The van der Waals surface area contributed by atoms with E-state index < -0.39 is 30.2 Å². The fourth-order valence-electron chi connectivity index (χ4n) is 2.65. The molecule has 2 atom stereocenters. The first-order valence-electron chi connectivity index (χ1n) is 6.60. The second-order valence-electron chi connectivity index (χ2n) is 5.47. The molecule has 2 unspecified atom stereocenters. The molecule has 5 nitrogen and oxygen atoms in total. The zero-order valence-electron chi connectivity index (χ0n) is 11.6. The van der Waals surface area contributed by atoms with Crippen LogP contribution in [0.4, 0.5) is 5.69 Å². The zero-order chi connectivity index (χ0) is 15.8. The lowest BCUT2D eigenvalue weighted by Gasteiger charge is -2.27. The van der Waals surface area contributed by atoms with E-state index in [0.717, 1.165) is 6.26 Å². The fourth-order valence-corrected chi connectivity index (χ4v) is 6.08. The second kappa shape index (κ2) is 5.78. The normalized spacial score (nSPS) is 23.9. The molecule has 1 aliphatic rings. The summed E-state index contributed by atoms with van der Waals surface area (Å²) in [5.41, 5.74) is 5.90. The van der Waals surface area contributed by atoms with Gasteiger partial charge in [-0.05, 0) is 37.5 Å². The van der Waals surface area contributed by atoms with Crippen LogP contribution in [0.15, 0.2) is 23.1 Å². The van der Waals surface area contributed by atoms with Crippen molar-refractivity contribution in [2.24, 2.45) is 0 Å². The number of rotatable bonds is 3. The van der Waals surface area contributed by atoms with Crippen LogP contribution in [-0.4, -0.2) is 33.6 Å². The first-order valence-corrected chi connectivity index (χ1v) is 10.5. The summed E-state index contributed by atoms with van der Waals surface area (Å²) < 4.78 is 48.6. The van der Waals surface area contributed by atoms with Gasteiger partial charge in [-0.1, -0.05) is 18.0 Å². The minimum absolute atomic E-state index is 0.0980. The Hall–Kier alpha value is -0.790. The van der Waals surface area contributed by atoms with E-state index in [2.05, 4.69) is 0 Å². The molecule has 1 aromatic carbocycles. The Labute approximate surface area is 130 Å². The lowest BCUT2D eigenvalue weighted by molar-refractivity contribution is 0.473. The largest absolute Gasteiger partial charge is 0.398 e. The van der Waals surface area contributed by atoms with Crippen LogP contribution < -0.4 is 5.73 Å². The van der Waals surface area contributed by atoms with Gasteiger partial charge in [0, 0.05) is 6.26 Å². The molecule has 1 saturated carbocycles. The van der Waals surface area contributed by atoms with Crippen molar-refractivity contribution in [3.63, 3.8) is 0 Å². The van der Waals surface area contributed by atoms with E-state index in [1.54, 1.807) is 0 Å². The molecule has 118 valence electrons. The SMILES string of the molecule is CS(=O)(=O)C1CCCC(S(=O)(=O)c2ccc(N)c(Cl)c2)C1. The molecular weight excluding hydrogens is 334 g/mol. The predicted octanol–water partition coefficient (Wildman–Crippen LogP) is 2.05. The first-order chi connectivity index (χ1) is 9.62. The lowest BCUT2D eigenvalue weighted by atomic mass is 10.00. The summed E-state index contributed by atoms with van der Waals surface area (Å²) in [5, 5.41) is -1.09. The van der Waals surface area contributed by atoms with Gasteiger partial charge in [0.05, 0.1) is 26.1 Å². The average molecular weight is 352 g/mol. The van der Waals surface area contributed by atoms with E-state index in [4.69, 9.17) is 17.3 Å². The zero-order valence-corrected chi connectivity index (χ0v) is 14.0. The molecule has 0 spiro atoms. The molecule has 2 N–H and O–H groups in total. The van der Waals surface area contributed by atoms with Crippen LogP contribution in [0.3, 0.4) is 0 Å². The van der Waals surface area contributed by atoms with Crippen LogP contribution in [0.2, 0.25) is 5.02 Å². The third kappa shape index (κ3) is 3.52. The van der Waals surface area contributed by atoms with Gasteiger partial charge in [-0.3, -0.25) is 0 Å². The van der Waals surface area contributed by atoms with Crippen molar-refractivity contribution in [1.82, 2.24) is 0 Å². The molecule has 0 aliphatic heterocycles. The Morgan fingerprint density at radius 2 is 1.76 bits per heavy atom. The van der Waals surface area contributed by atoms with Crippen LogP contribution in [-0.2, 0) is 19.7 Å². The summed E-state index contributed by atoms with van der Waals surface area (Å²) in [6, 6.07) is 4.20. The number of benzene rings is 1. The van der Waals surface area contributed by atoms with Crippen LogP contribution in [0.25, 0.3) is 0 Å². The highest BCUT2D eigenvalue weighted by molar-refractivity contribution is 7.92. The molecule has 0 bridgehead atoms. The molecule has 1 aliphatic carbocycles. The molecule has 8 heteroatoms. The Morgan fingerprint density at radius 3 is 2.33 bits per heavy atom. The minimum atomic E-state index is -3.60. The summed E-state index contributed by atoms with van der Waals surface area (Å²) in [7, 11) is -6.83. The van der Waals surface area contributed by atoms with Gasteiger partial charge in [0.1, 0.15) is 9.84 Å². The minimum Gasteiger partial charge on any atom is -0.398 e. The quantitative estimate of drug-likeness (QED) is 0.841. The number of nitrogen functional groups attached to an aromatic ring is 1. The number of sulfone groups is 2. The molecule has 0 radical (unpaired) electrons. The van der Waals surface area contributed by atoms with Gasteiger partial charge in [0.25, 0.3) is 0 Å². The summed E-state index contributed by atoms with van der Waals surface area (Å²) in [5.74, 6) is 0. The summed E-state index contributed by atoms with van der Waals surface area (Å²) in [6.07, 6.45) is 2.88. The summed E-state index contributed by atoms with van der Waals surface area (Å²) in [4.78, 5) is 0.0980. The van der Waals surface area contributed by atoms with Crippen molar-refractivity contribution in [3.05, 3.63) is 23.2 Å². The maximum atomic E-state index is 12.6. The Bertz CT molecular complexity index is 743. The van der Waals surface area contributed by atoms with Crippen molar-refractivity contribution in [2.75, 3.05) is 12.0 Å². The van der Waals surface area contributed by atoms with E-state index in [-0.39, 0.29) is 16.3 Å². The molecule has 0 heterocycles. The van der Waals surface area contributed by atoms with E-state index in [1.165, 1.54) is 18.2 Å². The van der Waals surface area contributed by atoms with Crippen molar-refractivity contribution < 1.29 is 16.8 Å². The van der Waals surface area contributed by atoms with E-state index >= 15 is 0 Å². The van der Waals surface area contributed by atoms with Crippen molar-refractivity contribution >= 4 is 37.0 Å². The standard InChI is InChI=1S/C13H18ClNO4S2/c1-20(16,17)9-3-2-4-10(7-9)21(18,19)11-5-6-13(15)12(14)8-11/h5-6,8-10H,2-4,7,15H2,1H3. The van der Waals surface area contributed by atoms with Crippen LogP contribution in [0.1, 0.15) is 25.7 Å². The van der Waals surface area contributed by atoms with Gasteiger partial charge in [-0.25, -0.2) is 16.8 Å². The lowest BCUT2D eigenvalue weighted by Crippen LogP contribution is -2.34. The molecule has 21 heavy (non-hydrogen) atoms. The van der Waals surface area contributed by atoms with E-state index in [1.807, 2.05) is 0 Å². The molecule has 0 saturated heterocycles. The number of hydrogen-bond acceptors (Lipinski definition) is 5. The third-order valence-electron chi connectivity index (χ3n) is 3.92. The average Bonchev–Trinajstić information content (AvgIpc) is 2.41. The molecule has 1 aromatic rings. The monoisotopic (exact) mass is 351 g/mol. The maximum Gasteiger partial charge on any atom is 0.181 e. The second-order valence-corrected chi connectivity index (χ2v) is 10.4. The number of nitrogens with two attached hydrogens (primary N) is 1. The Kier molecular flexibility index (Phi) is 4.56. The smallest absolute Gasteiger partial charge is 0.181 e. The van der Waals surface area contributed by atoms with Crippen LogP contribution >= 0.6 is 11.6 Å². The molecular formula is C13H18ClNO4S2. The molecule has 1 fully saturated rings. The molecule has 0 aromatic heterocycles. The van der Waals surface area contributed by atoms with Crippen molar-refractivity contribution in [2.45, 2.75) is 41.1 Å². The molecule has 0 amide bonds. The van der Waals surface area contributed by atoms with Gasteiger partial charge in [-0.15, -0.1) is 0 Å². The van der Waals surface area contributed by atoms with Crippen molar-refractivity contribution in [1.29, 1.82) is 0 Å². The van der Waals surface area contributed by atoms with Crippen LogP contribution in [0.5, 0.6) is 0 Å². The highest BCUT2D eigenvalue weighted by atomic mass is 35.5. The van der Waals surface area contributed by atoms with Gasteiger partial charge in [0.2, 0.25) is 0 Å². The van der Waals surface area contributed by atoms with Crippen LogP contribution in [0, 0.1) is 0 Å².